The van der Waals surface area contributed by atoms with Crippen molar-refractivity contribution in [2.24, 2.45) is 0 Å². The van der Waals surface area contributed by atoms with Gasteiger partial charge in [-0.1, -0.05) is 50.2 Å². The van der Waals surface area contributed by atoms with Crippen LogP contribution in [-0.2, 0) is 6.42 Å². The van der Waals surface area contributed by atoms with Crippen molar-refractivity contribution < 1.29 is 4.74 Å². The van der Waals surface area contributed by atoms with Gasteiger partial charge in [-0.05, 0) is 36.1 Å². The van der Waals surface area contributed by atoms with Crippen molar-refractivity contribution in [3.63, 3.8) is 0 Å². The van der Waals surface area contributed by atoms with Gasteiger partial charge < -0.3 is 10.1 Å². The molecule has 0 fully saturated rings. The number of thiophene rings is 1. The van der Waals surface area contributed by atoms with Gasteiger partial charge in [0.2, 0.25) is 0 Å². The fourth-order valence-corrected chi connectivity index (χ4v) is 4.05. The van der Waals surface area contributed by atoms with Crippen LogP contribution in [0.2, 0.25) is 0 Å². The zero-order chi connectivity index (χ0) is 19.3. The van der Waals surface area contributed by atoms with Gasteiger partial charge in [0.05, 0.1) is 17.7 Å². The first-order valence-corrected chi connectivity index (χ1v) is 10.5. The molecule has 142 valence electrons. The number of hydrogen-bond donors (Lipinski definition) is 1. The molecule has 4 rings (SSSR count). The Labute approximate surface area is 169 Å². The van der Waals surface area contributed by atoms with Gasteiger partial charge in [-0.15, -0.1) is 11.3 Å². The van der Waals surface area contributed by atoms with E-state index in [-0.39, 0.29) is 0 Å². The number of fused-ring (bicyclic) bond motifs is 1. The standard InChI is InChI=1S/C23H23N3OS/c1-3-13-27-20-8-6-5-7-19(20)26-22-21-18(14-28-23(21)25-15-24-22)17-11-9-16(4-2)10-12-17/h5-12,14-15H,3-4,13H2,1-2H3,(H,24,25,26). The first-order chi connectivity index (χ1) is 13.8. The van der Waals surface area contributed by atoms with Gasteiger partial charge in [-0.2, -0.15) is 0 Å². The lowest BCUT2D eigenvalue weighted by molar-refractivity contribution is 0.319. The maximum absolute atomic E-state index is 5.89. The van der Waals surface area contributed by atoms with Crippen molar-refractivity contribution in [3.05, 3.63) is 65.8 Å². The molecule has 1 N–H and O–H groups in total. The summed E-state index contributed by atoms with van der Waals surface area (Å²) < 4.78 is 5.89. The van der Waals surface area contributed by atoms with Crippen LogP contribution in [-0.4, -0.2) is 16.6 Å². The average Bonchev–Trinajstić information content (AvgIpc) is 3.18. The number of nitrogens with one attached hydrogen (secondary N) is 1. The minimum absolute atomic E-state index is 0.686. The number of anilines is 2. The van der Waals surface area contributed by atoms with Crippen LogP contribution in [0.1, 0.15) is 25.8 Å². The molecule has 0 aliphatic rings. The molecule has 0 aliphatic carbocycles. The highest BCUT2D eigenvalue weighted by atomic mass is 32.1. The van der Waals surface area contributed by atoms with E-state index >= 15 is 0 Å². The Morgan fingerprint density at radius 3 is 2.61 bits per heavy atom. The quantitative estimate of drug-likeness (QED) is 0.394. The van der Waals surface area contributed by atoms with Gasteiger partial charge in [0, 0.05) is 10.9 Å². The number of aromatic nitrogens is 2. The molecule has 0 aliphatic heterocycles. The van der Waals surface area contributed by atoms with Gasteiger partial charge in [0.25, 0.3) is 0 Å². The highest BCUT2D eigenvalue weighted by Gasteiger charge is 2.14. The van der Waals surface area contributed by atoms with E-state index in [1.807, 2.05) is 24.3 Å². The molecular weight excluding hydrogens is 366 g/mol. The summed E-state index contributed by atoms with van der Waals surface area (Å²) in [5.74, 6) is 1.63. The van der Waals surface area contributed by atoms with Gasteiger partial charge in [0.15, 0.2) is 0 Å². The van der Waals surface area contributed by atoms with Crippen molar-refractivity contribution in [2.45, 2.75) is 26.7 Å². The smallest absolute Gasteiger partial charge is 0.143 e. The molecule has 0 saturated carbocycles. The van der Waals surface area contributed by atoms with E-state index in [1.54, 1.807) is 17.7 Å². The van der Waals surface area contributed by atoms with Gasteiger partial charge in [-0.3, -0.25) is 0 Å². The zero-order valence-electron chi connectivity index (χ0n) is 16.1. The molecular formula is C23H23N3OS. The second-order valence-corrected chi connectivity index (χ2v) is 7.43. The van der Waals surface area contributed by atoms with E-state index in [0.29, 0.717) is 6.61 Å². The molecule has 0 atom stereocenters. The number of ether oxygens (including phenoxy) is 1. The van der Waals surface area contributed by atoms with Crippen LogP contribution in [0.5, 0.6) is 5.75 Å². The van der Waals surface area contributed by atoms with Crippen LogP contribution >= 0.6 is 11.3 Å². The molecule has 0 amide bonds. The van der Waals surface area contributed by atoms with Crippen LogP contribution in [0.3, 0.4) is 0 Å². The Kier molecular flexibility index (Phi) is 5.53. The third-order valence-corrected chi connectivity index (χ3v) is 5.53. The van der Waals surface area contributed by atoms with Crippen molar-refractivity contribution >= 4 is 33.1 Å². The first-order valence-electron chi connectivity index (χ1n) is 9.60. The van der Waals surface area contributed by atoms with Gasteiger partial charge >= 0.3 is 0 Å². The number of para-hydroxylation sites is 2. The lowest BCUT2D eigenvalue weighted by Gasteiger charge is -2.13. The number of rotatable bonds is 7. The van der Waals surface area contributed by atoms with E-state index < -0.39 is 0 Å². The fourth-order valence-electron chi connectivity index (χ4n) is 3.14. The van der Waals surface area contributed by atoms with Gasteiger partial charge in [0.1, 0.15) is 22.7 Å². The summed E-state index contributed by atoms with van der Waals surface area (Å²) in [4.78, 5) is 9.99. The second-order valence-electron chi connectivity index (χ2n) is 6.57. The average molecular weight is 390 g/mol. The maximum Gasteiger partial charge on any atom is 0.143 e. The predicted octanol–water partition coefficient (Wildman–Crippen LogP) is 6.45. The summed E-state index contributed by atoms with van der Waals surface area (Å²) in [5, 5.41) is 6.68. The Hall–Kier alpha value is -2.92. The van der Waals surface area contributed by atoms with E-state index in [1.165, 1.54) is 11.1 Å². The fraction of sp³-hybridized carbons (Fsp3) is 0.217. The molecule has 0 saturated heterocycles. The van der Waals surface area contributed by atoms with Crippen molar-refractivity contribution in [3.8, 4) is 16.9 Å². The largest absolute Gasteiger partial charge is 0.491 e. The van der Waals surface area contributed by atoms with Crippen molar-refractivity contribution in [2.75, 3.05) is 11.9 Å². The van der Waals surface area contributed by atoms with E-state index in [2.05, 4.69) is 58.8 Å². The summed E-state index contributed by atoms with van der Waals surface area (Å²) >= 11 is 1.64. The van der Waals surface area contributed by atoms with Crippen LogP contribution < -0.4 is 10.1 Å². The SMILES string of the molecule is CCCOc1ccccc1Nc1ncnc2scc(-c3ccc(CC)cc3)c12. The molecule has 0 unspecified atom stereocenters. The topological polar surface area (TPSA) is 47.0 Å². The third-order valence-electron chi connectivity index (χ3n) is 4.65. The second kappa shape index (κ2) is 8.40. The van der Waals surface area contributed by atoms with Crippen LogP contribution in [0.15, 0.2) is 60.2 Å². The molecule has 2 heterocycles. The minimum atomic E-state index is 0.686. The van der Waals surface area contributed by atoms with Crippen LogP contribution in [0.25, 0.3) is 21.3 Å². The summed E-state index contributed by atoms with van der Waals surface area (Å²) in [6.45, 7) is 4.96. The van der Waals surface area contributed by atoms with Crippen molar-refractivity contribution in [1.29, 1.82) is 0 Å². The first kappa shape index (κ1) is 18.4. The summed E-state index contributed by atoms with van der Waals surface area (Å²) in [7, 11) is 0. The van der Waals surface area contributed by atoms with E-state index in [4.69, 9.17) is 4.74 Å². The Bertz CT molecular complexity index is 1070. The maximum atomic E-state index is 5.89. The molecule has 4 nitrogen and oxygen atoms in total. The zero-order valence-corrected chi connectivity index (χ0v) is 16.9. The predicted molar refractivity (Wildman–Crippen MR) is 118 cm³/mol. The molecule has 4 aromatic rings. The van der Waals surface area contributed by atoms with Gasteiger partial charge in [-0.25, -0.2) is 9.97 Å². The Morgan fingerprint density at radius 1 is 1.00 bits per heavy atom. The molecule has 5 heteroatoms. The van der Waals surface area contributed by atoms with E-state index in [9.17, 15) is 0 Å². The summed E-state index contributed by atoms with van der Waals surface area (Å²) in [5.41, 5.74) is 4.57. The minimum Gasteiger partial charge on any atom is -0.491 e. The molecule has 2 aromatic heterocycles. The number of nitrogens with zero attached hydrogens (tertiary/aromatic N) is 2. The lowest BCUT2D eigenvalue weighted by Crippen LogP contribution is -2.01. The number of hydrogen-bond acceptors (Lipinski definition) is 5. The highest BCUT2D eigenvalue weighted by molar-refractivity contribution is 7.17. The normalized spacial score (nSPS) is 10.9. The van der Waals surface area contributed by atoms with E-state index in [0.717, 1.165) is 45.9 Å². The summed E-state index contributed by atoms with van der Waals surface area (Å²) in [6.07, 6.45) is 3.62. The van der Waals surface area contributed by atoms with Crippen LogP contribution in [0, 0.1) is 0 Å². The number of benzene rings is 2. The molecule has 0 radical (unpaired) electrons. The van der Waals surface area contributed by atoms with Crippen LogP contribution in [0.4, 0.5) is 11.5 Å². The molecule has 28 heavy (non-hydrogen) atoms. The third kappa shape index (κ3) is 3.71. The lowest BCUT2D eigenvalue weighted by atomic mass is 10.0. The Balaban J connectivity index is 1.75. The molecule has 0 bridgehead atoms. The summed E-state index contributed by atoms with van der Waals surface area (Å²) in [6, 6.07) is 16.7. The Morgan fingerprint density at radius 2 is 1.82 bits per heavy atom. The molecule has 0 spiro atoms. The highest BCUT2D eigenvalue weighted by Crippen LogP contribution is 2.38. The molecule has 2 aromatic carbocycles. The van der Waals surface area contributed by atoms with Crippen molar-refractivity contribution in [1.82, 2.24) is 9.97 Å². The monoisotopic (exact) mass is 389 g/mol. The number of aryl methyl sites for hydroxylation is 1.